The minimum absolute atomic E-state index is 0.301. The van der Waals surface area contributed by atoms with E-state index >= 15 is 0 Å². The normalized spacial score (nSPS) is 24.9. The Bertz CT molecular complexity index is 540. The molecule has 1 fully saturated rings. The number of ether oxygens (including phenoxy) is 1. The molecule has 1 aromatic carbocycles. The van der Waals surface area contributed by atoms with Crippen LogP contribution in [0.15, 0.2) is 36.5 Å². The number of nitrogens with two attached hydrogens (primary N) is 1. The van der Waals surface area contributed by atoms with Crippen molar-refractivity contribution in [3.63, 3.8) is 0 Å². The molecule has 0 bridgehead atoms. The predicted octanol–water partition coefficient (Wildman–Crippen LogP) is 2.59. The Morgan fingerprint density at radius 2 is 2.00 bits per heavy atom. The second-order valence-electron chi connectivity index (χ2n) is 5.00. The van der Waals surface area contributed by atoms with Crippen LogP contribution in [0.1, 0.15) is 24.8 Å². The van der Waals surface area contributed by atoms with Crippen molar-refractivity contribution in [1.82, 2.24) is 4.98 Å². The van der Waals surface area contributed by atoms with Gasteiger partial charge in [-0.05, 0) is 30.9 Å². The molecule has 1 aliphatic heterocycles. The number of hydrogen-bond donors (Lipinski definition) is 1. The molecule has 0 spiro atoms. The number of nitrogens with zero attached hydrogens (tertiary/aromatic N) is 1. The van der Waals surface area contributed by atoms with E-state index < -0.39 is 0 Å². The Morgan fingerprint density at radius 3 is 2.94 bits per heavy atom. The quantitative estimate of drug-likeness (QED) is 0.836. The van der Waals surface area contributed by atoms with E-state index in [9.17, 15) is 0 Å². The van der Waals surface area contributed by atoms with Gasteiger partial charge in [-0.25, -0.2) is 0 Å². The third kappa shape index (κ3) is 2.00. The largest absolute Gasteiger partial charge is 0.381 e. The summed E-state index contributed by atoms with van der Waals surface area (Å²) in [6.07, 6.45) is 4.67. The summed E-state index contributed by atoms with van der Waals surface area (Å²) < 4.78 is 5.52. The lowest BCUT2D eigenvalue weighted by atomic mass is 9.83. The molecule has 18 heavy (non-hydrogen) atoms. The topological polar surface area (TPSA) is 48.1 Å². The first-order valence-corrected chi connectivity index (χ1v) is 6.50. The molecule has 0 saturated carbocycles. The number of fused-ring (bicyclic) bond motifs is 1. The van der Waals surface area contributed by atoms with Crippen LogP contribution in [0.25, 0.3) is 10.9 Å². The van der Waals surface area contributed by atoms with Crippen LogP contribution in [-0.2, 0) is 10.3 Å². The van der Waals surface area contributed by atoms with Crippen molar-refractivity contribution < 1.29 is 4.74 Å². The standard InChI is InChI=1S/C15H18N2O/c16-15(7-3-10-18-11-8-15)13-6-1-4-12-5-2-9-17-14(12)13/h1-2,4-6,9H,3,7-8,10-11,16H2. The van der Waals surface area contributed by atoms with Gasteiger partial charge in [0.1, 0.15) is 0 Å². The molecule has 3 nitrogen and oxygen atoms in total. The van der Waals surface area contributed by atoms with Crippen molar-refractivity contribution in [3.8, 4) is 0 Å². The van der Waals surface area contributed by atoms with Crippen LogP contribution < -0.4 is 5.73 Å². The third-order valence-electron chi connectivity index (χ3n) is 3.77. The molecule has 2 aromatic rings. The maximum absolute atomic E-state index is 6.63. The molecule has 1 unspecified atom stereocenters. The highest BCUT2D eigenvalue weighted by atomic mass is 16.5. The molecule has 0 radical (unpaired) electrons. The van der Waals surface area contributed by atoms with E-state index in [0.29, 0.717) is 0 Å². The zero-order chi connectivity index (χ0) is 12.4. The first-order chi connectivity index (χ1) is 8.80. The van der Waals surface area contributed by atoms with Crippen molar-refractivity contribution in [1.29, 1.82) is 0 Å². The Labute approximate surface area is 107 Å². The number of hydrogen-bond acceptors (Lipinski definition) is 3. The average Bonchev–Trinajstić information content (AvgIpc) is 2.64. The smallest absolute Gasteiger partial charge is 0.0752 e. The van der Waals surface area contributed by atoms with Gasteiger partial charge in [-0.15, -0.1) is 0 Å². The van der Waals surface area contributed by atoms with Crippen LogP contribution in [0.3, 0.4) is 0 Å². The molecule has 1 saturated heterocycles. The zero-order valence-corrected chi connectivity index (χ0v) is 10.4. The second-order valence-corrected chi connectivity index (χ2v) is 5.00. The molecule has 3 heteroatoms. The Balaban J connectivity index is 2.12. The van der Waals surface area contributed by atoms with Crippen LogP contribution in [0.4, 0.5) is 0 Å². The summed E-state index contributed by atoms with van der Waals surface area (Å²) in [4.78, 5) is 4.51. The molecule has 0 aliphatic carbocycles. The predicted molar refractivity (Wildman–Crippen MR) is 72.3 cm³/mol. The Hall–Kier alpha value is -1.45. The molecule has 94 valence electrons. The van der Waals surface area contributed by atoms with Crippen molar-refractivity contribution in [2.45, 2.75) is 24.8 Å². The van der Waals surface area contributed by atoms with Crippen molar-refractivity contribution in [3.05, 3.63) is 42.1 Å². The second kappa shape index (κ2) is 4.67. The summed E-state index contributed by atoms with van der Waals surface area (Å²) in [7, 11) is 0. The third-order valence-corrected chi connectivity index (χ3v) is 3.77. The number of benzene rings is 1. The minimum Gasteiger partial charge on any atom is -0.381 e. The number of aromatic nitrogens is 1. The van der Waals surface area contributed by atoms with Crippen LogP contribution in [0.2, 0.25) is 0 Å². The fourth-order valence-electron chi connectivity index (χ4n) is 2.75. The maximum atomic E-state index is 6.63. The SMILES string of the molecule is NC1(c2cccc3cccnc23)CCCOCC1. The van der Waals surface area contributed by atoms with Crippen molar-refractivity contribution in [2.75, 3.05) is 13.2 Å². The first kappa shape index (κ1) is 11.6. The summed E-state index contributed by atoms with van der Waals surface area (Å²) in [5, 5.41) is 1.16. The fraction of sp³-hybridized carbons (Fsp3) is 0.400. The van der Waals surface area contributed by atoms with Gasteiger partial charge in [0.2, 0.25) is 0 Å². The fourth-order valence-corrected chi connectivity index (χ4v) is 2.75. The lowest BCUT2D eigenvalue weighted by molar-refractivity contribution is 0.139. The van der Waals surface area contributed by atoms with Crippen LogP contribution >= 0.6 is 0 Å². The molecule has 1 aliphatic rings. The van der Waals surface area contributed by atoms with Gasteiger partial charge in [0, 0.05) is 30.3 Å². The van der Waals surface area contributed by atoms with Gasteiger partial charge in [0.25, 0.3) is 0 Å². The molecular weight excluding hydrogens is 224 g/mol. The first-order valence-electron chi connectivity index (χ1n) is 6.50. The van der Waals surface area contributed by atoms with Crippen molar-refractivity contribution >= 4 is 10.9 Å². The van der Waals surface area contributed by atoms with Gasteiger partial charge in [-0.2, -0.15) is 0 Å². The van der Waals surface area contributed by atoms with Crippen LogP contribution in [-0.4, -0.2) is 18.2 Å². The zero-order valence-electron chi connectivity index (χ0n) is 10.4. The monoisotopic (exact) mass is 242 g/mol. The Morgan fingerprint density at radius 1 is 1.11 bits per heavy atom. The van der Waals surface area contributed by atoms with E-state index in [1.165, 1.54) is 0 Å². The number of para-hydroxylation sites is 1. The minimum atomic E-state index is -0.301. The molecular formula is C15H18N2O. The molecule has 2 N–H and O–H groups in total. The summed E-state index contributed by atoms with van der Waals surface area (Å²) in [6.45, 7) is 1.55. The van der Waals surface area contributed by atoms with E-state index in [0.717, 1.165) is 48.9 Å². The summed E-state index contributed by atoms with van der Waals surface area (Å²) >= 11 is 0. The van der Waals surface area contributed by atoms with Gasteiger partial charge < -0.3 is 10.5 Å². The summed E-state index contributed by atoms with van der Waals surface area (Å²) in [6, 6.07) is 10.3. The van der Waals surface area contributed by atoms with E-state index in [1.54, 1.807) is 0 Å². The molecule has 3 rings (SSSR count). The summed E-state index contributed by atoms with van der Waals surface area (Å²) in [5.74, 6) is 0. The van der Waals surface area contributed by atoms with Gasteiger partial charge in [-0.3, -0.25) is 4.98 Å². The van der Waals surface area contributed by atoms with Crippen LogP contribution in [0.5, 0.6) is 0 Å². The maximum Gasteiger partial charge on any atom is 0.0752 e. The van der Waals surface area contributed by atoms with E-state index in [-0.39, 0.29) is 5.54 Å². The van der Waals surface area contributed by atoms with E-state index in [2.05, 4.69) is 29.2 Å². The highest BCUT2D eigenvalue weighted by Gasteiger charge is 2.30. The average molecular weight is 242 g/mol. The lowest BCUT2D eigenvalue weighted by Crippen LogP contribution is -2.37. The lowest BCUT2D eigenvalue weighted by Gasteiger charge is -2.28. The van der Waals surface area contributed by atoms with Gasteiger partial charge in [0.05, 0.1) is 5.52 Å². The molecule has 1 atom stereocenters. The van der Waals surface area contributed by atoms with Gasteiger partial charge in [0.15, 0.2) is 0 Å². The molecule has 2 heterocycles. The molecule has 0 amide bonds. The van der Waals surface area contributed by atoms with E-state index in [1.807, 2.05) is 12.3 Å². The van der Waals surface area contributed by atoms with Gasteiger partial charge in [-0.1, -0.05) is 24.3 Å². The number of rotatable bonds is 1. The van der Waals surface area contributed by atoms with Gasteiger partial charge >= 0.3 is 0 Å². The number of pyridine rings is 1. The van der Waals surface area contributed by atoms with E-state index in [4.69, 9.17) is 10.5 Å². The molecule has 1 aromatic heterocycles. The summed E-state index contributed by atoms with van der Waals surface area (Å²) in [5.41, 5.74) is 8.52. The van der Waals surface area contributed by atoms with Crippen molar-refractivity contribution in [2.24, 2.45) is 5.73 Å². The highest BCUT2D eigenvalue weighted by Crippen LogP contribution is 2.33. The van der Waals surface area contributed by atoms with Crippen LogP contribution in [0, 0.1) is 0 Å². The Kier molecular flexibility index (Phi) is 3.02. The highest BCUT2D eigenvalue weighted by molar-refractivity contribution is 5.82.